The molecule has 13 heteroatoms. The van der Waals surface area contributed by atoms with Crippen LogP contribution in [0.1, 0.15) is 44.1 Å². The number of unbranched alkanes of at least 4 members (excludes halogenated alkanes) is 1. The number of hydrogen-bond acceptors (Lipinski definition) is 9. The van der Waals surface area contributed by atoms with Gasteiger partial charge < -0.3 is 30.0 Å². The number of methoxy groups -OCH3 is 1. The zero-order valence-corrected chi connectivity index (χ0v) is 23.5. The van der Waals surface area contributed by atoms with Crippen LogP contribution in [0.4, 0.5) is 0 Å². The van der Waals surface area contributed by atoms with E-state index < -0.39 is 33.9 Å². The van der Waals surface area contributed by atoms with E-state index in [9.17, 15) is 23.1 Å². The first-order chi connectivity index (χ1) is 18.7. The second kappa shape index (κ2) is 12.7. The lowest BCUT2D eigenvalue weighted by Gasteiger charge is -2.30. The molecule has 0 spiro atoms. The van der Waals surface area contributed by atoms with Crippen LogP contribution >= 0.6 is 0 Å². The molecule has 3 atom stereocenters. The Morgan fingerprint density at radius 3 is 2.69 bits per heavy atom. The number of hydrogen-bond donors (Lipinski definition) is 2. The first-order valence-corrected chi connectivity index (χ1v) is 15.2. The molecule has 1 unspecified atom stereocenters. The molecule has 218 valence electrons. The van der Waals surface area contributed by atoms with Gasteiger partial charge in [0.1, 0.15) is 0 Å². The number of carbonyl (C=O) groups excluding carboxylic acids is 1. The molecule has 39 heavy (non-hydrogen) atoms. The lowest BCUT2D eigenvalue weighted by atomic mass is 9.84. The van der Waals surface area contributed by atoms with Crippen LogP contribution in [0.2, 0.25) is 0 Å². The van der Waals surface area contributed by atoms with Gasteiger partial charge in [-0.25, -0.2) is 12.7 Å². The summed E-state index contributed by atoms with van der Waals surface area (Å²) in [6, 6.07) is 3.00. The lowest BCUT2D eigenvalue weighted by Crippen LogP contribution is -2.46. The standard InChI is InChI=1S/C26H40N4O8S/c1-3-4-8-28(11-7-27)23(31)16-29-15-19(18-13-21(36-2)25-22(14-18)37-17-38-25)24(26(32)33)20(29)6-10-30-9-5-12-39(30,34)35/h13-14,19-20,24H,3-12,15-17,27H2,1-2H3,(H,32,33)/t19-,20+,24?/m1/s1. The normalized spacial score (nSPS) is 24.2. The lowest BCUT2D eigenvalue weighted by molar-refractivity contribution is -0.143. The van der Waals surface area contributed by atoms with Gasteiger partial charge >= 0.3 is 5.97 Å². The van der Waals surface area contributed by atoms with Gasteiger partial charge in [0.05, 0.1) is 25.3 Å². The number of carboxylic acid groups (broad SMARTS) is 1. The molecule has 0 radical (unpaired) electrons. The zero-order chi connectivity index (χ0) is 28.2. The first-order valence-electron chi connectivity index (χ1n) is 13.6. The number of rotatable bonds is 13. The van der Waals surface area contributed by atoms with Crippen molar-refractivity contribution in [3.63, 3.8) is 0 Å². The zero-order valence-electron chi connectivity index (χ0n) is 22.7. The van der Waals surface area contributed by atoms with Gasteiger partial charge in [-0.05, 0) is 37.0 Å². The van der Waals surface area contributed by atoms with Gasteiger partial charge in [0.15, 0.2) is 11.5 Å². The highest BCUT2D eigenvalue weighted by Gasteiger charge is 2.48. The molecule has 4 rings (SSSR count). The molecule has 12 nitrogen and oxygen atoms in total. The van der Waals surface area contributed by atoms with Gasteiger partial charge in [-0.15, -0.1) is 0 Å². The monoisotopic (exact) mass is 568 g/mol. The quantitative estimate of drug-likeness (QED) is 0.351. The number of fused-ring (bicyclic) bond motifs is 1. The maximum atomic E-state index is 13.4. The van der Waals surface area contributed by atoms with Crippen LogP contribution in [0.15, 0.2) is 12.1 Å². The SMILES string of the molecule is CCCCN(CCN)C(=O)CN1C[C@H](c2cc(OC)c3c(c2)OCO3)C(C(=O)O)[C@@H]1CCN1CCCS1(=O)=O. The van der Waals surface area contributed by atoms with Crippen molar-refractivity contribution in [3.05, 3.63) is 17.7 Å². The van der Waals surface area contributed by atoms with Gasteiger partial charge in [-0.3, -0.25) is 14.5 Å². The van der Waals surface area contributed by atoms with Crippen molar-refractivity contribution in [1.82, 2.24) is 14.1 Å². The molecule has 3 N–H and O–H groups in total. The molecule has 0 aromatic heterocycles. The summed E-state index contributed by atoms with van der Waals surface area (Å²) in [4.78, 5) is 29.8. The van der Waals surface area contributed by atoms with Crippen molar-refractivity contribution in [1.29, 1.82) is 0 Å². The van der Waals surface area contributed by atoms with E-state index in [4.69, 9.17) is 19.9 Å². The van der Waals surface area contributed by atoms with Crippen LogP contribution in [0.3, 0.4) is 0 Å². The third kappa shape index (κ3) is 6.42. The Balaban J connectivity index is 1.64. The Labute approximate surface area is 230 Å². The predicted octanol–water partition coefficient (Wildman–Crippen LogP) is 0.906. The average Bonchev–Trinajstić information content (AvgIpc) is 3.61. The van der Waals surface area contributed by atoms with Crippen molar-refractivity contribution >= 4 is 21.9 Å². The predicted molar refractivity (Wildman–Crippen MR) is 143 cm³/mol. The fourth-order valence-electron chi connectivity index (χ4n) is 5.91. The fraction of sp³-hybridized carbons (Fsp3) is 0.692. The molecule has 3 aliphatic heterocycles. The summed E-state index contributed by atoms with van der Waals surface area (Å²) < 4.78 is 42.9. The summed E-state index contributed by atoms with van der Waals surface area (Å²) in [5.41, 5.74) is 6.48. The molecule has 0 saturated carbocycles. The Kier molecular flexibility index (Phi) is 9.57. The minimum atomic E-state index is -3.34. The van der Waals surface area contributed by atoms with E-state index in [1.54, 1.807) is 17.0 Å². The first kappa shape index (κ1) is 29.4. The van der Waals surface area contributed by atoms with E-state index in [-0.39, 0.29) is 31.5 Å². The molecule has 0 bridgehead atoms. The van der Waals surface area contributed by atoms with Crippen molar-refractivity contribution in [2.45, 2.75) is 44.6 Å². The number of aliphatic carboxylic acids is 1. The second-order valence-corrected chi connectivity index (χ2v) is 12.4. The number of nitrogens with two attached hydrogens (primary N) is 1. The minimum absolute atomic E-state index is 0.0309. The third-order valence-electron chi connectivity index (χ3n) is 7.89. The molecular formula is C26H40N4O8S. The Morgan fingerprint density at radius 1 is 1.26 bits per heavy atom. The number of sulfonamides is 1. The Morgan fingerprint density at radius 2 is 2.05 bits per heavy atom. The van der Waals surface area contributed by atoms with Crippen molar-refractivity contribution in [2.75, 3.05) is 65.5 Å². The van der Waals surface area contributed by atoms with Gasteiger partial charge in [0, 0.05) is 51.2 Å². The van der Waals surface area contributed by atoms with Crippen molar-refractivity contribution in [2.24, 2.45) is 11.7 Å². The number of carboxylic acids is 1. The van der Waals surface area contributed by atoms with Crippen LogP contribution in [0, 0.1) is 5.92 Å². The Bertz CT molecular complexity index is 1150. The van der Waals surface area contributed by atoms with Gasteiger partial charge in [-0.1, -0.05) is 13.3 Å². The molecular weight excluding hydrogens is 528 g/mol. The highest BCUT2D eigenvalue weighted by Crippen LogP contribution is 2.47. The Hall–Kier alpha value is -2.61. The van der Waals surface area contributed by atoms with E-state index in [0.717, 1.165) is 12.8 Å². The highest BCUT2D eigenvalue weighted by atomic mass is 32.2. The highest BCUT2D eigenvalue weighted by molar-refractivity contribution is 7.89. The van der Waals surface area contributed by atoms with E-state index in [0.29, 0.717) is 68.4 Å². The number of nitrogens with zero attached hydrogens (tertiary/aromatic N) is 3. The summed E-state index contributed by atoms with van der Waals surface area (Å²) in [5, 5.41) is 10.4. The molecule has 1 aromatic rings. The fourth-order valence-corrected chi connectivity index (χ4v) is 7.46. The summed E-state index contributed by atoms with van der Waals surface area (Å²) in [5.74, 6) is -0.936. The maximum absolute atomic E-state index is 13.4. The van der Waals surface area contributed by atoms with Crippen LogP contribution in [0.25, 0.3) is 0 Å². The molecule has 1 aromatic carbocycles. The summed E-state index contributed by atoms with van der Waals surface area (Å²) in [6.07, 6.45) is 2.63. The summed E-state index contributed by atoms with van der Waals surface area (Å²) >= 11 is 0. The molecule has 1 amide bonds. The topological polar surface area (TPSA) is 152 Å². The minimum Gasteiger partial charge on any atom is -0.493 e. The molecule has 2 saturated heterocycles. The largest absolute Gasteiger partial charge is 0.493 e. The van der Waals surface area contributed by atoms with Crippen LogP contribution in [0.5, 0.6) is 17.2 Å². The van der Waals surface area contributed by atoms with Gasteiger partial charge in [-0.2, -0.15) is 0 Å². The molecule has 3 aliphatic rings. The number of benzene rings is 1. The molecule has 3 heterocycles. The molecule has 0 aliphatic carbocycles. The number of likely N-dealkylation sites (tertiary alicyclic amines) is 1. The molecule has 2 fully saturated rings. The average molecular weight is 569 g/mol. The number of carbonyl (C=O) groups is 2. The van der Waals surface area contributed by atoms with Gasteiger partial charge in [0.25, 0.3) is 0 Å². The van der Waals surface area contributed by atoms with Crippen molar-refractivity contribution < 1.29 is 37.3 Å². The van der Waals surface area contributed by atoms with E-state index in [1.165, 1.54) is 11.4 Å². The maximum Gasteiger partial charge on any atom is 0.308 e. The third-order valence-corrected chi connectivity index (χ3v) is 9.85. The van der Waals surface area contributed by atoms with Crippen LogP contribution in [-0.2, 0) is 19.6 Å². The number of amides is 1. The number of ether oxygens (including phenoxy) is 3. The van der Waals surface area contributed by atoms with E-state index >= 15 is 0 Å². The second-order valence-electron chi connectivity index (χ2n) is 10.3. The van der Waals surface area contributed by atoms with Crippen LogP contribution < -0.4 is 19.9 Å². The van der Waals surface area contributed by atoms with Gasteiger partial charge in [0.2, 0.25) is 28.5 Å². The summed E-state index contributed by atoms with van der Waals surface area (Å²) in [6.45, 7) is 4.42. The van der Waals surface area contributed by atoms with Crippen molar-refractivity contribution in [3.8, 4) is 17.2 Å². The van der Waals surface area contributed by atoms with E-state index in [2.05, 4.69) is 6.92 Å². The van der Waals surface area contributed by atoms with E-state index in [1.807, 2.05) is 4.90 Å². The summed E-state index contributed by atoms with van der Waals surface area (Å²) in [7, 11) is -1.83. The van der Waals surface area contributed by atoms with Crippen LogP contribution in [-0.4, -0.2) is 111 Å². The smallest absolute Gasteiger partial charge is 0.308 e.